The number of terminal acetylenes is 1. The topological polar surface area (TPSA) is 121 Å². The molecule has 3 aliphatic heterocycles. The first kappa shape index (κ1) is 36.1. The number of halogens is 4. The first-order valence-corrected chi connectivity index (χ1v) is 18.0. The number of carbonyl (C=O) groups excluding carboxylic acids is 1. The van der Waals surface area contributed by atoms with E-state index in [2.05, 4.69) is 31.0 Å². The van der Waals surface area contributed by atoms with E-state index < -0.39 is 47.2 Å². The van der Waals surface area contributed by atoms with Crippen LogP contribution in [0.1, 0.15) is 43.9 Å². The number of likely N-dealkylation sites (tertiary alicyclic amines) is 1. The van der Waals surface area contributed by atoms with Gasteiger partial charge in [0.05, 0.1) is 28.2 Å². The summed E-state index contributed by atoms with van der Waals surface area (Å²) in [5.41, 5.74) is -0.858. The van der Waals surface area contributed by atoms with Crippen LogP contribution in [-0.2, 0) is 4.79 Å². The maximum absolute atomic E-state index is 17.0. The predicted molar refractivity (Wildman–Crippen MR) is 197 cm³/mol. The molecule has 8 rings (SSSR count). The number of phenols is 1. The summed E-state index contributed by atoms with van der Waals surface area (Å²) in [7, 11) is 1.73. The highest BCUT2D eigenvalue weighted by Gasteiger charge is 2.49. The van der Waals surface area contributed by atoms with Crippen molar-refractivity contribution in [3.63, 3.8) is 0 Å². The Kier molecular flexibility index (Phi) is 9.24. The van der Waals surface area contributed by atoms with Crippen LogP contribution in [0, 0.1) is 24.0 Å². The predicted octanol–water partition coefficient (Wildman–Crippen LogP) is 5.99. The van der Waals surface area contributed by atoms with Crippen LogP contribution in [0.3, 0.4) is 0 Å². The fourth-order valence-electron chi connectivity index (χ4n) is 8.55. The van der Waals surface area contributed by atoms with E-state index in [9.17, 15) is 18.7 Å². The molecular formula is C40H36F4N8O3. The second-order valence-electron chi connectivity index (χ2n) is 14.4. The van der Waals surface area contributed by atoms with Gasteiger partial charge < -0.3 is 19.6 Å². The Morgan fingerprint density at radius 2 is 2.05 bits per heavy atom. The van der Waals surface area contributed by atoms with Gasteiger partial charge in [0.15, 0.2) is 11.6 Å². The summed E-state index contributed by atoms with van der Waals surface area (Å²) in [5, 5.41) is 18.9. The Bertz CT molecular complexity index is 2410. The van der Waals surface area contributed by atoms with Crippen molar-refractivity contribution in [2.75, 3.05) is 38.2 Å². The third-order valence-electron chi connectivity index (χ3n) is 11.2. The fraction of sp³-hybridized carbons (Fsp3) is 0.350. The van der Waals surface area contributed by atoms with Crippen molar-refractivity contribution in [1.82, 2.24) is 34.9 Å². The lowest BCUT2D eigenvalue weighted by Gasteiger charge is -2.33. The number of alkyl halides is 1. The number of benzene rings is 2. The summed E-state index contributed by atoms with van der Waals surface area (Å²) in [5.74, 6) is -1.06. The van der Waals surface area contributed by atoms with Crippen LogP contribution in [0.5, 0.6) is 11.8 Å². The molecule has 3 aromatic heterocycles. The molecule has 5 aromatic rings. The number of rotatable bonds is 8. The second kappa shape index (κ2) is 14.1. The molecule has 3 aliphatic rings. The van der Waals surface area contributed by atoms with Crippen molar-refractivity contribution in [2.24, 2.45) is 0 Å². The molecule has 0 aliphatic carbocycles. The van der Waals surface area contributed by atoms with E-state index in [0.717, 1.165) is 25.5 Å². The van der Waals surface area contributed by atoms with Crippen LogP contribution in [0.15, 0.2) is 54.6 Å². The number of carbonyl (C=O) groups is 1. The highest BCUT2D eigenvalue weighted by atomic mass is 19.1. The van der Waals surface area contributed by atoms with Crippen LogP contribution < -0.4 is 9.64 Å². The summed E-state index contributed by atoms with van der Waals surface area (Å²) < 4.78 is 68.0. The van der Waals surface area contributed by atoms with Crippen molar-refractivity contribution in [2.45, 2.75) is 56.4 Å². The maximum atomic E-state index is 17.0. The van der Waals surface area contributed by atoms with E-state index in [-0.39, 0.29) is 69.5 Å². The fourth-order valence-corrected chi connectivity index (χ4v) is 8.55. The Morgan fingerprint density at radius 3 is 2.84 bits per heavy atom. The van der Waals surface area contributed by atoms with Gasteiger partial charge in [-0.05, 0) is 68.4 Å². The lowest BCUT2D eigenvalue weighted by Crippen LogP contribution is -2.44. The zero-order valence-corrected chi connectivity index (χ0v) is 30.0. The smallest absolute Gasteiger partial charge is 0.319 e. The number of nitrogens with zero attached hydrogens (tertiary/aromatic N) is 8. The molecule has 0 saturated carbocycles. The number of phenolic OH excluding ortho intramolecular Hbond substituents is 1. The summed E-state index contributed by atoms with van der Waals surface area (Å²) in [6.07, 6.45) is 10.9. The SMILES string of the molecule is C#Cc1c(F)ccc2cc(O)cc(-c3ncc4c(N(C)[C@H]5CCN(C(=O)/C(F)=C/c6cccnn6)[C@H]5C)nc(OC[C@@]56CCCN5CC(F)C6)nc4c3F)c12. The van der Waals surface area contributed by atoms with Crippen molar-refractivity contribution < 1.29 is 32.2 Å². The minimum Gasteiger partial charge on any atom is -0.508 e. The zero-order chi connectivity index (χ0) is 38.6. The molecule has 0 spiro atoms. The number of ether oxygens (including phenoxy) is 1. The summed E-state index contributed by atoms with van der Waals surface area (Å²) >= 11 is 0. The van der Waals surface area contributed by atoms with Crippen molar-refractivity contribution >= 4 is 39.5 Å². The summed E-state index contributed by atoms with van der Waals surface area (Å²) in [4.78, 5) is 32.2. The number of anilines is 1. The van der Waals surface area contributed by atoms with E-state index in [1.54, 1.807) is 24.9 Å². The van der Waals surface area contributed by atoms with Crippen LogP contribution in [0.25, 0.3) is 39.0 Å². The number of fused-ring (bicyclic) bond motifs is 3. The van der Waals surface area contributed by atoms with E-state index in [4.69, 9.17) is 16.1 Å². The van der Waals surface area contributed by atoms with Crippen molar-refractivity contribution in [3.05, 3.63) is 77.5 Å². The normalized spacial score (nSPS) is 22.7. The van der Waals surface area contributed by atoms with Gasteiger partial charge in [0, 0.05) is 62.0 Å². The molecule has 0 bridgehead atoms. The summed E-state index contributed by atoms with van der Waals surface area (Å²) in [6, 6.07) is 7.27. The third kappa shape index (κ3) is 6.33. The molecule has 4 atom stereocenters. The van der Waals surface area contributed by atoms with Crippen LogP contribution in [0.4, 0.5) is 23.4 Å². The van der Waals surface area contributed by atoms with Crippen LogP contribution >= 0.6 is 0 Å². The summed E-state index contributed by atoms with van der Waals surface area (Å²) in [6.45, 7) is 3.13. The Balaban J connectivity index is 1.20. The molecule has 55 heavy (non-hydrogen) atoms. The zero-order valence-electron chi connectivity index (χ0n) is 30.0. The van der Waals surface area contributed by atoms with Gasteiger partial charge in [-0.2, -0.15) is 20.2 Å². The van der Waals surface area contributed by atoms with Crippen molar-refractivity contribution in [1.29, 1.82) is 0 Å². The molecule has 11 nitrogen and oxygen atoms in total. The third-order valence-corrected chi connectivity index (χ3v) is 11.2. The van der Waals surface area contributed by atoms with Gasteiger partial charge in [0.25, 0.3) is 5.91 Å². The molecule has 1 N–H and O–H groups in total. The van der Waals surface area contributed by atoms with E-state index in [1.165, 1.54) is 47.6 Å². The molecule has 3 fully saturated rings. The number of aromatic hydroxyl groups is 1. The molecule has 0 radical (unpaired) electrons. The first-order valence-electron chi connectivity index (χ1n) is 18.0. The van der Waals surface area contributed by atoms with Crippen molar-refractivity contribution in [3.8, 4) is 35.4 Å². The molecule has 3 saturated heterocycles. The number of hydrogen-bond acceptors (Lipinski definition) is 10. The molecular weight excluding hydrogens is 716 g/mol. The molecule has 1 unspecified atom stereocenters. The molecule has 6 heterocycles. The van der Waals surface area contributed by atoms with E-state index in [1.807, 2.05) is 0 Å². The molecule has 2 aromatic carbocycles. The number of hydrogen-bond donors (Lipinski definition) is 1. The number of amides is 1. The molecule has 282 valence electrons. The van der Waals surface area contributed by atoms with Gasteiger partial charge in [-0.15, -0.1) is 6.42 Å². The standard InChI is InChI=1S/C40H36F4N8O3/c1-4-27-30(42)9-8-23-15-26(53)17-28(33(23)27)35-34(44)36-29(19-45-35)37(48-39(47-36)55-21-40-11-6-13-51(40)20-24(41)18-40)50(3)32-10-14-52(22(32)2)38(54)31(43)16-25-7-5-12-46-49-25/h1,5,7-9,12,15-17,19,22,24,32,53H,6,10-11,13-14,18,20-21H2,2-3H3/b31-16-/t22-,24?,32-,40-/m0/s1. The van der Waals surface area contributed by atoms with Crippen LogP contribution in [0.2, 0.25) is 0 Å². The molecule has 15 heteroatoms. The quantitative estimate of drug-likeness (QED) is 0.115. The lowest BCUT2D eigenvalue weighted by atomic mass is 9.95. The van der Waals surface area contributed by atoms with Gasteiger partial charge in [-0.3, -0.25) is 14.7 Å². The molecule has 1 amide bonds. The largest absolute Gasteiger partial charge is 0.508 e. The average Bonchev–Trinajstić information content (AvgIpc) is 3.84. The van der Waals surface area contributed by atoms with Gasteiger partial charge in [0.1, 0.15) is 41.4 Å². The van der Waals surface area contributed by atoms with Gasteiger partial charge in [-0.25, -0.2) is 17.6 Å². The highest BCUT2D eigenvalue weighted by molar-refractivity contribution is 6.03. The average molecular weight is 753 g/mol. The Morgan fingerprint density at radius 1 is 1.22 bits per heavy atom. The minimum absolute atomic E-state index is 0.0494. The monoisotopic (exact) mass is 752 g/mol. The van der Waals surface area contributed by atoms with E-state index in [0.29, 0.717) is 24.8 Å². The number of pyridine rings is 1. The van der Waals surface area contributed by atoms with Crippen LogP contribution in [-0.4, -0.2) is 103 Å². The van der Waals surface area contributed by atoms with E-state index >= 15 is 8.78 Å². The number of aromatic nitrogens is 5. The lowest BCUT2D eigenvalue weighted by molar-refractivity contribution is -0.129. The Labute approximate surface area is 313 Å². The minimum atomic E-state index is -1.00. The number of likely N-dealkylation sites (N-methyl/N-ethyl adjacent to an activating group) is 1. The first-order chi connectivity index (χ1) is 26.5. The van der Waals surface area contributed by atoms with Gasteiger partial charge in [-0.1, -0.05) is 12.0 Å². The Hall–Kier alpha value is -5.88. The van der Waals surface area contributed by atoms with Gasteiger partial charge >= 0.3 is 6.01 Å². The second-order valence-corrected chi connectivity index (χ2v) is 14.4. The van der Waals surface area contributed by atoms with Gasteiger partial charge in [0.2, 0.25) is 0 Å². The highest BCUT2D eigenvalue weighted by Crippen LogP contribution is 2.42. The maximum Gasteiger partial charge on any atom is 0.319 e.